The van der Waals surface area contributed by atoms with Crippen molar-refractivity contribution in [3.05, 3.63) is 77.2 Å². The third-order valence-corrected chi connectivity index (χ3v) is 4.09. The van der Waals surface area contributed by atoms with Gasteiger partial charge in [0, 0.05) is 35.7 Å². The zero-order valence-corrected chi connectivity index (χ0v) is 14.4. The number of carbonyl (C=O) groups is 1. The molecule has 3 aromatic rings. The van der Waals surface area contributed by atoms with Crippen LogP contribution in [0.2, 0.25) is 5.02 Å². The van der Waals surface area contributed by atoms with Crippen molar-refractivity contribution in [1.29, 1.82) is 0 Å². The van der Waals surface area contributed by atoms with Gasteiger partial charge in [0.2, 0.25) is 0 Å². The van der Waals surface area contributed by atoms with Gasteiger partial charge in [-0.25, -0.2) is 14.5 Å². The molecule has 128 valence electrons. The normalized spacial score (nSPS) is 11.8. The first-order valence-corrected chi connectivity index (χ1v) is 8.25. The minimum absolute atomic E-state index is 0.201. The van der Waals surface area contributed by atoms with Gasteiger partial charge in [-0.1, -0.05) is 35.9 Å². The van der Waals surface area contributed by atoms with Gasteiger partial charge in [0.25, 0.3) is 0 Å². The van der Waals surface area contributed by atoms with E-state index in [9.17, 15) is 4.79 Å². The van der Waals surface area contributed by atoms with Crippen LogP contribution in [0, 0.1) is 0 Å². The van der Waals surface area contributed by atoms with E-state index in [0.29, 0.717) is 17.4 Å². The van der Waals surface area contributed by atoms with Gasteiger partial charge >= 0.3 is 6.03 Å². The fourth-order valence-corrected chi connectivity index (χ4v) is 2.80. The maximum absolute atomic E-state index is 12.2. The van der Waals surface area contributed by atoms with E-state index in [4.69, 9.17) is 11.6 Å². The Labute approximate surface area is 150 Å². The standard InChI is InChI=1S/C18H18ClN5O/c1-13(15-7-2-3-8-16(15)19)23-18(25)21-12-14-6-4-9-20-17(14)24-11-5-10-22-24/h2-11,13H,12H2,1H3,(H2,21,23,25). The lowest BCUT2D eigenvalue weighted by Crippen LogP contribution is -2.37. The molecule has 0 radical (unpaired) electrons. The van der Waals surface area contributed by atoms with Crippen LogP contribution in [0.25, 0.3) is 5.82 Å². The van der Waals surface area contributed by atoms with E-state index < -0.39 is 0 Å². The number of rotatable bonds is 5. The molecule has 7 heteroatoms. The van der Waals surface area contributed by atoms with Gasteiger partial charge in [0.15, 0.2) is 5.82 Å². The van der Waals surface area contributed by atoms with Crippen LogP contribution in [0.3, 0.4) is 0 Å². The molecule has 2 amide bonds. The van der Waals surface area contributed by atoms with E-state index >= 15 is 0 Å². The molecule has 2 aromatic heterocycles. The quantitative estimate of drug-likeness (QED) is 0.736. The number of halogens is 1. The predicted molar refractivity (Wildman–Crippen MR) is 96.6 cm³/mol. The molecule has 0 aliphatic rings. The lowest BCUT2D eigenvalue weighted by atomic mass is 10.1. The van der Waals surface area contributed by atoms with Crippen molar-refractivity contribution in [1.82, 2.24) is 25.4 Å². The van der Waals surface area contributed by atoms with Crippen LogP contribution in [0.4, 0.5) is 4.79 Å². The molecule has 0 aliphatic carbocycles. The molecule has 1 aromatic carbocycles. The number of benzene rings is 1. The van der Waals surface area contributed by atoms with Crippen LogP contribution in [0.5, 0.6) is 0 Å². The molecule has 6 nitrogen and oxygen atoms in total. The van der Waals surface area contributed by atoms with Gasteiger partial charge in [0.1, 0.15) is 0 Å². The topological polar surface area (TPSA) is 71.8 Å². The number of amides is 2. The van der Waals surface area contributed by atoms with Gasteiger partial charge in [-0.15, -0.1) is 0 Å². The summed E-state index contributed by atoms with van der Waals surface area (Å²) in [6, 6.07) is 12.5. The third-order valence-electron chi connectivity index (χ3n) is 3.75. The molecule has 0 fully saturated rings. The maximum atomic E-state index is 12.2. The molecular formula is C18H18ClN5O. The SMILES string of the molecule is CC(NC(=O)NCc1cccnc1-n1cccn1)c1ccccc1Cl. The second-order valence-electron chi connectivity index (χ2n) is 5.51. The molecule has 0 spiro atoms. The van der Waals surface area contributed by atoms with Crippen LogP contribution < -0.4 is 10.6 Å². The molecule has 0 saturated carbocycles. The second-order valence-corrected chi connectivity index (χ2v) is 5.91. The molecule has 25 heavy (non-hydrogen) atoms. The summed E-state index contributed by atoms with van der Waals surface area (Å²) in [6.07, 6.45) is 5.19. The zero-order valence-electron chi connectivity index (χ0n) is 13.7. The number of carbonyl (C=O) groups excluding carboxylic acids is 1. The number of pyridine rings is 1. The van der Waals surface area contributed by atoms with Crippen molar-refractivity contribution in [3.8, 4) is 5.82 Å². The second kappa shape index (κ2) is 7.81. The minimum atomic E-state index is -0.275. The Bertz CT molecular complexity index is 850. The van der Waals surface area contributed by atoms with Crippen LogP contribution >= 0.6 is 11.6 Å². The summed E-state index contributed by atoms with van der Waals surface area (Å²) < 4.78 is 1.67. The summed E-state index contributed by atoms with van der Waals surface area (Å²) in [5.74, 6) is 0.687. The molecule has 3 rings (SSSR count). The molecule has 0 aliphatic heterocycles. The monoisotopic (exact) mass is 355 g/mol. The summed E-state index contributed by atoms with van der Waals surface area (Å²) in [5.41, 5.74) is 1.74. The highest BCUT2D eigenvalue weighted by atomic mass is 35.5. The molecule has 0 saturated heterocycles. The van der Waals surface area contributed by atoms with Gasteiger partial charge < -0.3 is 10.6 Å². The largest absolute Gasteiger partial charge is 0.334 e. The third kappa shape index (κ3) is 4.16. The Kier molecular flexibility index (Phi) is 5.30. The van der Waals surface area contributed by atoms with E-state index in [1.54, 1.807) is 23.1 Å². The molecule has 0 bridgehead atoms. The zero-order chi connectivity index (χ0) is 17.6. The highest BCUT2D eigenvalue weighted by Crippen LogP contribution is 2.21. The van der Waals surface area contributed by atoms with Crippen LogP contribution in [-0.4, -0.2) is 20.8 Å². The van der Waals surface area contributed by atoms with Crippen molar-refractivity contribution in [3.63, 3.8) is 0 Å². The van der Waals surface area contributed by atoms with Gasteiger partial charge in [-0.2, -0.15) is 5.10 Å². The number of hydrogen-bond donors (Lipinski definition) is 2. The van der Waals surface area contributed by atoms with Gasteiger partial charge in [-0.05, 0) is 30.7 Å². The Balaban J connectivity index is 1.63. The highest BCUT2D eigenvalue weighted by Gasteiger charge is 2.13. The average molecular weight is 356 g/mol. The van der Waals surface area contributed by atoms with E-state index in [2.05, 4.69) is 20.7 Å². The summed E-state index contributed by atoms with van der Waals surface area (Å²) in [5, 5.41) is 10.5. The molecular weight excluding hydrogens is 338 g/mol. The molecule has 2 N–H and O–H groups in total. The average Bonchev–Trinajstić information content (AvgIpc) is 3.15. The number of nitrogens with one attached hydrogen (secondary N) is 2. The Morgan fingerprint density at radius 2 is 2.04 bits per heavy atom. The van der Waals surface area contributed by atoms with E-state index in [1.807, 2.05) is 49.5 Å². The van der Waals surface area contributed by atoms with Crippen molar-refractivity contribution in [2.75, 3.05) is 0 Å². The van der Waals surface area contributed by atoms with Crippen molar-refractivity contribution < 1.29 is 4.79 Å². The van der Waals surface area contributed by atoms with Gasteiger partial charge in [-0.3, -0.25) is 0 Å². The van der Waals surface area contributed by atoms with Crippen molar-refractivity contribution >= 4 is 17.6 Å². The smallest absolute Gasteiger partial charge is 0.315 e. The number of aromatic nitrogens is 3. The lowest BCUT2D eigenvalue weighted by molar-refractivity contribution is 0.237. The number of urea groups is 1. The summed E-state index contributed by atoms with van der Waals surface area (Å²) >= 11 is 6.16. The lowest BCUT2D eigenvalue weighted by Gasteiger charge is -2.16. The minimum Gasteiger partial charge on any atom is -0.334 e. The Hall–Kier alpha value is -2.86. The molecule has 1 unspecified atom stereocenters. The fraction of sp³-hybridized carbons (Fsp3) is 0.167. The van der Waals surface area contributed by atoms with Gasteiger partial charge in [0.05, 0.1) is 6.04 Å². The highest BCUT2D eigenvalue weighted by molar-refractivity contribution is 6.31. The maximum Gasteiger partial charge on any atom is 0.315 e. The summed E-state index contributed by atoms with van der Waals surface area (Å²) in [4.78, 5) is 16.5. The first-order valence-electron chi connectivity index (χ1n) is 7.88. The fourth-order valence-electron chi connectivity index (χ4n) is 2.50. The van der Waals surface area contributed by atoms with E-state index in [-0.39, 0.29) is 12.1 Å². The summed E-state index contributed by atoms with van der Waals surface area (Å²) in [6.45, 7) is 2.23. The van der Waals surface area contributed by atoms with Crippen LogP contribution in [-0.2, 0) is 6.54 Å². The summed E-state index contributed by atoms with van der Waals surface area (Å²) in [7, 11) is 0. The van der Waals surface area contributed by atoms with Crippen molar-refractivity contribution in [2.45, 2.75) is 19.5 Å². The number of nitrogens with zero attached hydrogens (tertiary/aromatic N) is 3. The Morgan fingerprint density at radius 1 is 1.20 bits per heavy atom. The van der Waals surface area contributed by atoms with Crippen LogP contribution in [0.1, 0.15) is 24.1 Å². The molecule has 1 atom stereocenters. The van der Waals surface area contributed by atoms with Crippen LogP contribution in [0.15, 0.2) is 61.1 Å². The first-order chi connectivity index (χ1) is 12.1. The van der Waals surface area contributed by atoms with Crippen molar-refractivity contribution in [2.24, 2.45) is 0 Å². The first kappa shape index (κ1) is 17.0. The Morgan fingerprint density at radius 3 is 2.80 bits per heavy atom. The predicted octanol–water partition coefficient (Wildman–Crippen LogP) is 3.48. The van der Waals surface area contributed by atoms with E-state index in [0.717, 1.165) is 11.1 Å². The number of hydrogen-bond acceptors (Lipinski definition) is 3. The van der Waals surface area contributed by atoms with E-state index in [1.165, 1.54) is 0 Å². The molecule has 2 heterocycles.